The second-order valence-corrected chi connectivity index (χ2v) is 7.99. The summed E-state index contributed by atoms with van der Waals surface area (Å²) in [4.78, 5) is 27.0. The molecule has 1 aromatic heterocycles. The van der Waals surface area contributed by atoms with Crippen LogP contribution in [0.4, 0.5) is 4.79 Å². The van der Waals surface area contributed by atoms with Crippen molar-refractivity contribution in [2.24, 2.45) is 0 Å². The molecule has 0 radical (unpaired) electrons. The Balaban J connectivity index is 2.64. The predicted octanol–water partition coefficient (Wildman–Crippen LogP) is 1.87. The number of nitrogens with zero attached hydrogens (tertiary/aromatic N) is 1. The van der Waals surface area contributed by atoms with Crippen LogP contribution in [-0.4, -0.2) is 42.2 Å². The standard InChI is InChI=1S/C13H18AsNO4/c1-13(2,3)19-12(18)14-10(11(16)17)8-9-6-4-5-7-15-9/h4-7,10,14H,8H2,1-3H3,(H,16,17)/t10-/m1/s1. The molecule has 1 unspecified atom stereocenters. The first-order valence-electron chi connectivity index (χ1n) is 5.90. The van der Waals surface area contributed by atoms with Gasteiger partial charge in [-0.1, -0.05) is 0 Å². The number of carbonyl (C=O) groups excluding carboxylic acids is 1. The molecule has 0 fully saturated rings. The quantitative estimate of drug-likeness (QED) is 0.836. The Morgan fingerprint density at radius 1 is 1.42 bits per heavy atom. The van der Waals surface area contributed by atoms with Crippen LogP contribution in [0.5, 0.6) is 0 Å². The summed E-state index contributed by atoms with van der Waals surface area (Å²) in [6.45, 7) is 5.31. The zero-order valence-electron chi connectivity index (χ0n) is 11.2. The number of hydrogen-bond donors (Lipinski definition) is 1. The summed E-state index contributed by atoms with van der Waals surface area (Å²) >= 11 is -1.38. The van der Waals surface area contributed by atoms with Crippen LogP contribution in [0.1, 0.15) is 26.5 Å². The van der Waals surface area contributed by atoms with Crippen molar-refractivity contribution < 1.29 is 19.4 Å². The van der Waals surface area contributed by atoms with Crippen LogP contribution >= 0.6 is 0 Å². The molecule has 0 bridgehead atoms. The molecule has 2 atom stereocenters. The number of pyridine rings is 1. The van der Waals surface area contributed by atoms with Crippen LogP contribution in [0, 0.1) is 0 Å². The number of aromatic nitrogens is 1. The summed E-state index contributed by atoms with van der Waals surface area (Å²) in [5, 5.41) is 9.18. The Kier molecular flexibility index (Phi) is 5.55. The van der Waals surface area contributed by atoms with Gasteiger partial charge in [0.1, 0.15) is 0 Å². The number of aliphatic carboxylic acids is 1. The molecule has 6 heteroatoms. The van der Waals surface area contributed by atoms with Crippen molar-refractivity contribution in [1.29, 1.82) is 0 Å². The minimum absolute atomic E-state index is 0.273. The zero-order valence-corrected chi connectivity index (χ0v) is 13.3. The molecular weight excluding hydrogens is 309 g/mol. The number of carboxylic acids is 1. The van der Waals surface area contributed by atoms with Gasteiger partial charge in [0, 0.05) is 0 Å². The van der Waals surface area contributed by atoms with E-state index in [4.69, 9.17) is 4.74 Å². The van der Waals surface area contributed by atoms with E-state index < -0.39 is 32.0 Å². The summed E-state index contributed by atoms with van der Waals surface area (Å²) in [5.41, 5.74) is 0.108. The summed E-state index contributed by atoms with van der Waals surface area (Å²) in [6, 6.07) is 5.33. The van der Waals surface area contributed by atoms with Gasteiger partial charge in [0.15, 0.2) is 0 Å². The van der Waals surface area contributed by atoms with E-state index in [2.05, 4.69) is 4.98 Å². The van der Waals surface area contributed by atoms with Crippen LogP contribution in [0.25, 0.3) is 0 Å². The average molecular weight is 327 g/mol. The van der Waals surface area contributed by atoms with E-state index in [0.29, 0.717) is 5.69 Å². The molecule has 19 heavy (non-hydrogen) atoms. The Morgan fingerprint density at radius 3 is 2.58 bits per heavy atom. The van der Waals surface area contributed by atoms with Crippen LogP contribution < -0.4 is 0 Å². The van der Waals surface area contributed by atoms with E-state index in [1.165, 1.54) is 0 Å². The minimum atomic E-state index is -1.38. The Hall–Kier alpha value is -1.35. The molecule has 0 aliphatic rings. The maximum atomic E-state index is 11.7. The third-order valence-electron chi connectivity index (χ3n) is 2.13. The second-order valence-electron chi connectivity index (χ2n) is 5.06. The van der Waals surface area contributed by atoms with Gasteiger partial charge in [0.2, 0.25) is 0 Å². The molecule has 1 N–H and O–H groups in total. The summed E-state index contributed by atoms with van der Waals surface area (Å²) in [7, 11) is 0. The zero-order chi connectivity index (χ0) is 14.5. The molecule has 0 aliphatic carbocycles. The summed E-state index contributed by atoms with van der Waals surface area (Å²) in [5.74, 6) is -0.962. The molecule has 0 saturated heterocycles. The third-order valence-corrected chi connectivity index (χ3v) is 4.51. The van der Waals surface area contributed by atoms with Crippen molar-refractivity contribution in [2.75, 3.05) is 0 Å². The Labute approximate surface area is 119 Å². The topological polar surface area (TPSA) is 76.5 Å². The van der Waals surface area contributed by atoms with Crippen LogP contribution in [0.2, 0.25) is 4.71 Å². The van der Waals surface area contributed by atoms with E-state index >= 15 is 0 Å². The summed E-state index contributed by atoms with van der Waals surface area (Å²) in [6.07, 6.45) is 1.89. The Bertz CT molecular complexity index is 442. The van der Waals surface area contributed by atoms with Crippen LogP contribution in [0.15, 0.2) is 24.4 Å². The van der Waals surface area contributed by atoms with Gasteiger partial charge in [-0.3, -0.25) is 0 Å². The van der Waals surface area contributed by atoms with Gasteiger partial charge < -0.3 is 0 Å². The monoisotopic (exact) mass is 327 g/mol. The molecule has 0 spiro atoms. The molecule has 104 valence electrons. The average Bonchev–Trinajstić information content (AvgIpc) is 2.26. The van der Waals surface area contributed by atoms with Gasteiger partial charge in [-0.2, -0.15) is 0 Å². The van der Waals surface area contributed by atoms with Gasteiger partial charge in [-0.05, 0) is 0 Å². The Morgan fingerprint density at radius 2 is 2.11 bits per heavy atom. The van der Waals surface area contributed by atoms with Crippen molar-refractivity contribution in [3.8, 4) is 0 Å². The number of carbonyl (C=O) groups is 2. The van der Waals surface area contributed by atoms with Crippen molar-refractivity contribution in [2.45, 2.75) is 37.5 Å². The molecule has 0 aromatic carbocycles. The molecule has 1 rings (SSSR count). The van der Waals surface area contributed by atoms with Crippen molar-refractivity contribution in [3.63, 3.8) is 0 Å². The first kappa shape index (κ1) is 15.7. The van der Waals surface area contributed by atoms with Gasteiger partial charge in [-0.15, -0.1) is 0 Å². The van der Waals surface area contributed by atoms with Gasteiger partial charge >= 0.3 is 118 Å². The number of ether oxygens (including phenoxy) is 1. The molecule has 5 nitrogen and oxygen atoms in total. The van der Waals surface area contributed by atoms with Crippen molar-refractivity contribution in [1.82, 2.24) is 4.98 Å². The maximum absolute atomic E-state index is 11.7. The van der Waals surface area contributed by atoms with E-state index in [1.54, 1.807) is 45.2 Å². The van der Waals surface area contributed by atoms with Crippen LogP contribution in [0.3, 0.4) is 0 Å². The number of carboxylic acid groups (broad SMARTS) is 1. The molecule has 0 saturated carbocycles. The summed E-state index contributed by atoms with van der Waals surface area (Å²) < 4.78 is 4.12. The fraction of sp³-hybridized carbons (Fsp3) is 0.462. The van der Waals surface area contributed by atoms with Gasteiger partial charge in [0.25, 0.3) is 0 Å². The first-order chi connectivity index (χ1) is 8.78. The molecule has 1 heterocycles. The van der Waals surface area contributed by atoms with E-state index in [0.717, 1.165) is 0 Å². The van der Waals surface area contributed by atoms with Gasteiger partial charge in [-0.25, -0.2) is 0 Å². The fourth-order valence-corrected chi connectivity index (χ4v) is 3.65. The van der Waals surface area contributed by atoms with Crippen molar-refractivity contribution in [3.05, 3.63) is 30.1 Å². The SMILES string of the molecule is CC(C)(C)OC(=O)[AsH][C@H](Cc1ccccn1)C(=O)O. The van der Waals surface area contributed by atoms with E-state index in [9.17, 15) is 14.7 Å². The normalized spacial score (nSPS) is 13.4. The van der Waals surface area contributed by atoms with Gasteiger partial charge in [0.05, 0.1) is 0 Å². The molecule has 0 aliphatic heterocycles. The third kappa shape index (κ3) is 6.39. The second kappa shape index (κ2) is 6.71. The van der Waals surface area contributed by atoms with Crippen molar-refractivity contribution >= 4 is 26.5 Å². The molecule has 0 amide bonds. The first-order valence-corrected chi connectivity index (χ1v) is 8.16. The number of hydrogen-bond acceptors (Lipinski definition) is 4. The van der Waals surface area contributed by atoms with E-state index in [-0.39, 0.29) is 11.2 Å². The van der Waals surface area contributed by atoms with E-state index in [1.807, 2.05) is 0 Å². The van der Waals surface area contributed by atoms with Crippen LogP contribution in [-0.2, 0) is 16.0 Å². The predicted molar refractivity (Wildman–Crippen MR) is 72.7 cm³/mol. The molecule has 1 aromatic rings. The fourth-order valence-electron chi connectivity index (χ4n) is 1.38. The number of rotatable bonds is 5. The molecular formula is C13H18AsNO4.